The molecule has 2 aromatic carbocycles. The molecular weight excluding hydrogens is 333 g/mol. The Morgan fingerprint density at radius 3 is 2.83 bits per heavy atom. The molecule has 2 aromatic rings. The van der Waals surface area contributed by atoms with Crippen LogP contribution in [0.3, 0.4) is 0 Å². The van der Waals surface area contributed by atoms with Gasteiger partial charge in [0.2, 0.25) is 0 Å². The van der Waals surface area contributed by atoms with Crippen molar-refractivity contribution < 1.29 is 18.6 Å². The number of hydrogen-bond acceptors (Lipinski definition) is 4. The Bertz CT molecular complexity index is 692. The summed E-state index contributed by atoms with van der Waals surface area (Å²) in [6.07, 6.45) is -0.704. The van der Waals surface area contributed by atoms with Gasteiger partial charge >= 0.3 is 0 Å². The lowest BCUT2D eigenvalue weighted by atomic mass is 10.0. The van der Waals surface area contributed by atoms with Gasteiger partial charge in [-0.15, -0.1) is 0 Å². The van der Waals surface area contributed by atoms with Crippen LogP contribution in [-0.2, 0) is 4.74 Å². The summed E-state index contributed by atoms with van der Waals surface area (Å²) in [4.78, 5) is 0. The van der Waals surface area contributed by atoms with Crippen LogP contribution >= 0.6 is 11.6 Å². The van der Waals surface area contributed by atoms with Crippen molar-refractivity contribution in [3.8, 4) is 11.5 Å². The molecule has 0 radical (unpaired) electrons. The van der Waals surface area contributed by atoms with Gasteiger partial charge in [-0.05, 0) is 29.8 Å². The van der Waals surface area contributed by atoms with Crippen LogP contribution < -0.4 is 14.8 Å². The van der Waals surface area contributed by atoms with Gasteiger partial charge in [0.1, 0.15) is 11.9 Å². The normalized spacial score (nSPS) is 18.9. The van der Waals surface area contributed by atoms with Gasteiger partial charge in [0.25, 0.3) is 0 Å². The van der Waals surface area contributed by atoms with Crippen molar-refractivity contribution in [2.75, 3.05) is 26.8 Å². The molecule has 1 aliphatic heterocycles. The summed E-state index contributed by atoms with van der Waals surface area (Å²) >= 11 is 6.00. The summed E-state index contributed by atoms with van der Waals surface area (Å²) in [5, 5.41) is 3.82. The van der Waals surface area contributed by atoms with Crippen LogP contribution in [0.1, 0.15) is 11.7 Å². The maximum atomic E-state index is 13.7. The summed E-state index contributed by atoms with van der Waals surface area (Å²) in [6.45, 7) is 1.99. The first-order valence-corrected chi connectivity index (χ1v) is 8.13. The molecule has 0 bridgehead atoms. The van der Waals surface area contributed by atoms with Crippen LogP contribution in [0.5, 0.6) is 11.5 Å². The lowest BCUT2D eigenvalue weighted by Gasteiger charge is -2.32. The lowest BCUT2D eigenvalue weighted by Crippen LogP contribution is -2.43. The van der Waals surface area contributed by atoms with Crippen LogP contribution in [0, 0.1) is 5.82 Å². The highest BCUT2D eigenvalue weighted by Crippen LogP contribution is 2.35. The van der Waals surface area contributed by atoms with E-state index in [-0.39, 0.29) is 11.9 Å². The monoisotopic (exact) mass is 351 g/mol. The number of morpholine rings is 1. The highest BCUT2D eigenvalue weighted by molar-refractivity contribution is 6.30. The molecule has 2 atom stereocenters. The van der Waals surface area contributed by atoms with Crippen molar-refractivity contribution in [2.24, 2.45) is 0 Å². The molecule has 1 unspecified atom stereocenters. The summed E-state index contributed by atoms with van der Waals surface area (Å²) in [7, 11) is 1.55. The summed E-state index contributed by atoms with van der Waals surface area (Å²) in [5.74, 6) is 0.742. The molecule has 6 heteroatoms. The fraction of sp³-hybridized carbons (Fsp3) is 0.333. The maximum Gasteiger partial charge on any atom is 0.162 e. The highest BCUT2D eigenvalue weighted by atomic mass is 35.5. The first-order valence-electron chi connectivity index (χ1n) is 7.75. The Morgan fingerprint density at radius 1 is 1.25 bits per heavy atom. The van der Waals surface area contributed by atoms with Crippen LogP contribution in [0.15, 0.2) is 42.5 Å². The van der Waals surface area contributed by atoms with E-state index < -0.39 is 6.10 Å². The number of nitrogens with one attached hydrogen (secondary N) is 1. The summed E-state index contributed by atoms with van der Waals surface area (Å²) in [6, 6.07) is 11.5. The quantitative estimate of drug-likeness (QED) is 0.893. The predicted molar refractivity (Wildman–Crippen MR) is 90.4 cm³/mol. The molecule has 0 aliphatic carbocycles. The number of methoxy groups -OCH3 is 1. The molecule has 4 nitrogen and oxygen atoms in total. The maximum absolute atomic E-state index is 13.7. The van der Waals surface area contributed by atoms with E-state index in [4.69, 9.17) is 25.8 Å². The highest BCUT2D eigenvalue weighted by Gasteiger charge is 2.29. The molecule has 1 heterocycles. The van der Waals surface area contributed by atoms with Gasteiger partial charge in [0, 0.05) is 24.2 Å². The number of ether oxygens (including phenoxy) is 3. The Kier molecular flexibility index (Phi) is 5.56. The van der Waals surface area contributed by atoms with E-state index in [1.807, 2.05) is 6.07 Å². The Hall–Kier alpha value is -1.82. The Morgan fingerprint density at radius 2 is 2.12 bits per heavy atom. The van der Waals surface area contributed by atoms with Crippen LogP contribution in [0.25, 0.3) is 0 Å². The fourth-order valence-corrected chi connectivity index (χ4v) is 2.86. The molecule has 0 spiro atoms. The third kappa shape index (κ3) is 3.98. The Labute approximate surface area is 145 Å². The second-order valence-corrected chi connectivity index (χ2v) is 5.94. The van der Waals surface area contributed by atoms with Crippen molar-refractivity contribution in [3.05, 3.63) is 58.9 Å². The molecule has 0 amide bonds. The largest absolute Gasteiger partial charge is 0.493 e. The van der Waals surface area contributed by atoms with E-state index in [1.165, 1.54) is 12.1 Å². The smallest absolute Gasteiger partial charge is 0.162 e. The number of hydrogen-bond donors (Lipinski definition) is 1. The van der Waals surface area contributed by atoms with Crippen molar-refractivity contribution in [2.45, 2.75) is 12.2 Å². The average Bonchev–Trinajstić information content (AvgIpc) is 2.61. The number of benzene rings is 2. The van der Waals surface area contributed by atoms with Gasteiger partial charge in [-0.3, -0.25) is 0 Å². The fourth-order valence-electron chi connectivity index (χ4n) is 2.70. The van der Waals surface area contributed by atoms with E-state index in [2.05, 4.69) is 5.32 Å². The number of rotatable bonds is 5. The number of halogens is 2. The topological polar surface area (TPSA) is 39.7 Å². The van der Waals surface area contributed by atoms with Crippen molar-refractivity contribution >= 4 is 11.6 Å². The predicted octanol–water partition coefficient (Wildman–Crippen LogP) is 3.60. The summed E-state index contributed by atoms with van der Waals surface area (Å²) in [5.41, 5.74) is 0.709. The SMILES string of the molecule is COc1cc(Cl)ccc1OC(c1cccc(F)c1)[C@@H]1CNCCO1. The van der Waals surface area contributed by atoms with E-state index in [0.717, 1.165) is 6.54 Å². The van der Waals surface area contributed by atoms with Crippen molar-refractivity contribution in [1.82, 2.24) is 5.32 Å². The molecule has 24 heavy (non-hydrogen) atoms. The molecule has 1 saturated heterocycles. The first-order chi connectivity index (χ1) is 11.7. The van der Waals surface area contributed by atoms with Gasteiger partial charge in [0.05, 0.1) is 13.7 Å². The van der Waals surface area contributed by atoms with Gasteiger partial charge in [-0.1, -0.05) is 23.7 Å². The summed E-state index contributed by atoms with van der Waals surface area (Å²) < 4.78 is 31.0. The van der Waals surface area contributed by atoms with Gasteiger partial charge in [0.15, 0.2) is 17.6 Å². The second-order valence-electron chi connectivity index (χ2n) is 5.50. The average molecular weight is 352 g/mol. The lowest BCUT2D eigenvalue weighted by molar-refractivity contribution is -0.0439. The van der Waals surface area contributed by atoms with Gasteiger partial charge < -0.3 is 19.5 Å². The van der Waals surface area contributed by atoms with Crippen LogP contribution in [0.4, 0.5) is 4.39 Å². The minimum atomic E-state index is -0.469. The van der Waals surface area contributed by atoms with E-state index in [1.54, 1.807) is 31.4 Å². The molecule has 0 saturated carbocycles. The third-order valence-corrected chi connectivity index (χ3v) is 4.09. The van der Waals surface area contributed by atoms with Crippen LogP contribution in [-0.4, -0.2) is 32.9 Å². The van der Waals surface area contributed by atoms with Gasteiger partial charge in [-0.2, -0.15) is 0 Å². The van der Waals surface area contributed by atoms with Crippen molar-refractivity contribution in [1.29, 1.82) is 0 Å². The molecule has 3 rings (SSSR count). The van der Waals surface area contributed by atoms with Gasteiger partial charge in [-0.25, -0.2) is 4.39 Å². The molecule has 1 N–H and O–H groups in total. The molecule has 1 aliphatic rings. The first kappa shape index (κ1) is 17.0. The zero-order valence-corrected chi connectivity index (χ0v) is 14.1. The second kappa shape index (κ2) is 7.83. The van der Waals surface area contributed by atoms with E-state index in [9.17, 15) is 4.39 Å². The molecule has 1 fully saturated rings. The van der Waals surface area contributed by atoms with E-state index in [0.29, 0.717) is 35.2 Å². The van der Waals surface area contributed by atoms with E-state index >= 15 is 0 Å². The molecule has 0 aromatic heterocycles. The molecule has 128 valence electrons. The zero-order valence-electron chi connectivity index (χ0n) is 13.3. The Balaban J connectivity index is 1.92. The zero-order chi connectivity index (χ0) is 16.9. The minimum absolute atomic E-state index is 0.235. The molecular formula is C18H19ClFNO3. The van der Waals surface area contributed by atoms with Crippen molar-refractivity contribution in [3.63, 3.8) is 0 Å². The van der Waals surface area contributed by atoms with Crippen LogP contribution in [0.2, 0.25) is 5.02 Å². The third-order valence-electron chi connectivity index (χ3n) is 3.85. The standard InChI is InChI=1S/C18H19ClFNO3/c1-22-16-10-13(19)5-6-15(16)24-18(17-11-21-7-8-23-17)12-3-2-4-14(20)9-12/h2-6,9-10,17-18,21H,7-8,11H2,1H3/t17-,18?/m0/s1. The minimum Gasteiger partial charge on any atom is -0.493 e.